The molecular formula is C14H13NO7. The first kappa shape index (κ1) is 15.4. The number of carbonyl (C=O) groups excluding carboxylic acids is 2. The molecule has 1 aromatic heterocycles. The highest BCUT2D eigenvalue weighted by atomic mass is 16.7. The van der Waals surface area contributed by atoms with Crippen LogP contribution in [0.3, 0.4) is 0 Å². The first-order chi connectivity index (χ1) is 10.5. The molecule has 2 rings (SSSR count). The molecule has 0 spiro atoms. The Hall–Kier alpha value is -3.03. The number of nitrogen functional groups attached to an aromatic ring is 1. The van der Waals surface area contributed by atoms with Crippen molar-refractivity contribution in [2.24, 2.45) is 0 Å². The fraction of sp³-hybridized carbons (Fsp3) is 0.214. The Bertz CT molecular complexity index is 794. The van der Waals surface area contributed by atoms with Crippen LogP contribution in [-0.2, 0) is 9.47 Å². The van der Waals surface area contributed by atoms with Crippen molar-refractivity contribution >= 4 is 28.8 Å². The van der Waals surface area contributed by atoms with Crippen LogP contribution in [0.15, 0.2) is 27.4 Å². The van der Waals surface area contributed by atoms with Crippen LogP contribution >= 0.6 is 0 Å². The summed E-state index contributed by atoms with van der Waals surface area (Å²) < 4.78 is 19.2. The summed E-state index contributed by atoms with van der Waals surface area (Å²) in [4.78, 5) is 34.7. The first-order valence-electron chi connectivity index (χ1n) is 6.27. The molecule has 0 unspecified atom stereocenters. The molecule has 0 saturated heterocycles. The molecule has 1 aromatic carbocycles. The molecule has 8 heteroatoms. The van der Waals surface area contributed by atoms with Gasteiger partial charge in [0, 0.05) is 5.39 Å². The number of methoxy groups -OCH3 is 1. The van der Waals surface area contributed by atoms with Crippen molar-refractivity contribution in [1.29, 1.82) is 0 Å². The number of ether oxygens (including phenoxy) is 3. The van der Waals surface area contributed by atoms with Crippen molar-refractivity contribution in [3.63, 3.8) is 0 Å². The second-order valence-electron chi connectivity index (χ2n) is 4.11. The Morgan fingerprint density at radius 2 is 2.05 bits per heavy atom. The fourth-order valence-electron chi connectivity index (χ4n) is 1.82. The van der Waals surface area contributed by atoms with Gasteiger partial charge >= 0.3 is 17.8 Å². The van der Waals surface area contributed by atoms with Crippen LogP contribution in [0.4, 0.5) is 10.5 Å². The molecule has 2 aromatic rings. The van der Waals surface area contributed by atoms with Gasteiger partial charge in [0.25, 0.3) is 0 Å². The Kier molecular flexibility index (Phi) is 4.31. The normalized spacial score (nSPS) is 10.3. The van der Waals surface area contributed by atoms with Gasteiger partial charge in [0.05, 0.1) is 13.7 Å². The van der Waals surface area contributed by atoms with Crippen LogP contribution in [0.2, 0.25) is 0 Å². The topological polar surface area (TPSA) is 118 Å². The van der Waals surface area contributed by atoms with Crippen LogP contribution < -0.4 is 16.1 Å². The van der Waals surface area contributed by atoms with Gasteiger partial charge in [-0.2, -0.15) is 0 Å². The lowest BCUT2D eigenvalue weighted by atomic mass is 10.1. The van der Waals surface area contributed by atoms with Gasteiger partial charge in [0.2, 0.25) is 0 Å². The number of anilines is 1. The molecule has 116 valence electrons. The second-order valence-corrected chi connectivity index (χ2v) is 4.11. The molecule has 0 amide bonds. The zero-order valence-electron chi connectivity index (χ0n) is 11.9. The van der Waals surface area contributed by atoms with Crippen LogP contribution in [-0.4, -0.2) is 25.8 Å². The van der Waals surface area contributed by atoms with E-state index in [0.29, 0.717) is 0 Å². The zero-order valence-corrected chi connectivity index (χ0v) is 11.9. The van der Waals surface area contributed by atoms with E-state index in [1.54, 1.807) is 6.92 Å². The third kappa shape index (κ3) is 2.85. The van der Waals surface area contributed by atoms with Crippen LogP contribution in [0.25, 0.3) is 11.0 Å². The van der Waals surface area contributed by atoms with Crippen molar-refractivity contribution in [2.75, 3.05) is 19.5 Å². The average Bonchev–Trinajstić information content (AvgIpc) is 2.48. The van der Waals surface area contributed by atoms with Crippen molar-refractivity contribution < 1.29 is 28.2 Å². The largest absolute Gasteiger partial charge is 0.513 e. The molecule has 0 radical (unpaired) electrons. The van der Waals surface area contributed by atoms with E-state index >= 15 is 0 Å². The number of esters is 1. The van der Waals surface area contributed by atoms with Crippen LogP contribution in [0.1, 0.15) is 17.3 Å². The summed E-state index contributed by atoms with van der Waals surface area (Å²) in [5.41, 5.74) is 4.31. The number of rotatable bonds is 3. The molecule has 2 N–H and O–H groups in total. The molecule has 0 saturated carbocycles. The first-order valence-corrected chi connectivity index (χ1v) is 6.27. The highest BCUT2D eigenvalue weighted by Crippen LogP contribution is 2.26. The summed E-state index contributed by atoms with van der Waals surface area (Å²) in [5, 5.41) is 0.186. The van der Waals surface area contributed by atoms with E-state index in [4.69, 9.17) is 14.9 Å². The van der Waals surface area contributed by atoms with E-state index in [0.717, 1.165) is 7.11 Å². The van der Waals surface area contributed by atoms with Crippen molar-refractivity contribution in [3.05, 3.63) is 34.2 Å². The third-order valence-electron chi connectivity index (χ3n) is 2.77. The van der Waals surface area contributed by atoms with Gasteiger partial charge in [-0.25, -0.2) is 14.4 Å². The lowest BCUT2D eigenvalue weighted by Crippen LogP contribution is -2.16. The van der Waals surface area contributed by atoms with E-state index in [1.807, 2.05) is 0 Å². The molecule has 0 aliphatic heterocycles. The lowest BCUT2D eigenvalue weighted by molar-refractivity contribution is 0.0603. The van der Waals surface area contributed by atoms with Gasteiger partial charge in [0.1, 0.15) is 22.6 Å². The number of hydrogen-bond acceptors (Lipinski definition) is 8. The summed E-state index contributed by atoms with van der Waals surface area (Å²) in [6, 6.07) is 4.09. The maximum atomic E-state index is 11.8. The van der Waals surface area contributed by atoms with Gasteiger partial charge in [-0.15, -0.1) is 0 Å². The van der Waals surface area contributed by atoms with E-state index < -0.39 is 17.8 Å². The number of benzene rings is 1. The molecule has 0 atom stereocenters. The molecule has 0 fully saturated rings. The summed E-state index contributed by atoms with van der Waals surface area (Å²) in [6.07, 6.45) is -0.896. The van der Waals surface area contributed by atoms with Gasteiger partial charge in [-0.3, -0.25) is 0 Å². The average molecular weight is 307 g/mol. The van der Waals surface area contributed by atoms with Gasteiger partial charge in [0.15, 0.2) is 0 Å². The monoisotopic (exact) mass is 307 g/mol. The van der Waals surface area contributed by atoms with E-state index in [-0.39, 0.29) is 34.6 Å². The third-order valence-corrected chi connectivity index (χ3v) is 2.77. The predicted octanol–water partition coefficient (Wildman–Crippen LogP) is 1.70. The zero-order chi connectivity index (χ0) is 16.3. The Balaban J connectivity index is 2.59. The van der Waals surface area contributed by atoms with Gasteiger partial charge < -0.3 is 24.4 Å². The number of fused-ring (bicyclic) bond motifs is 1. The molecule has 22 heavy (non-hydrogen) atoms. The summed E-state index contributed by atoms with van der Waals surface area (Å²) in [6.45, 7) is 1.79. The molecule has 0 aliphatic carbocycles. The fourth-order valence-corrected chi connectivity index (χ4v) is 1.82. The number of hydrogen-bond donors (Lipinski definition) is 1. The highest BCUT2D eigenvalue weighted by Gasteiger charge is 2.20. The minimum Gasteiger partial charge on any atom is -0.465 e. The van der Waals surface area contributed by atoms with Crippen LogP contribution in [0, 0.1) is 0 Å². The number of nitrogens with two attached hydrogens (primary N) is 1. The number of carbonyl (C=O) groups is 2. The predicted molar refractivity (Wildman–Crippen MR) is 75.9 cm³/mol. The minimum atomic E-state index is -0.896. The Labute approximate surface area is 124 Å². The Morgan fingerprint density at radius 3 is 2.68 bits per heavy atom. The molecule has 0 bridgehead atoms. The summed E-state index contributed by atoms with van der Waals surface area (Å²) in [5.74, 6) is -0.701. The lowest BCUT2D eigenvalue weighted by Gasteiger charge is -2.08. The van der Waals surface area contributed by atoms with Gasteiger partial charge in [-0.05, 0) is 25.1 Å². The highest BCUT2D eigenvalue weighted by molar-refractivity contribution is 6.07. The van der Waals surface area contributed by atoms with Crippen LogP contribution in [0.5, 0.6) is 5.75 Å². The minimum absolute atomic E-state index is 0.101. The maximum absolute atomic E-state index is 11.8. The quantitative estimate of drug-likeness (QED) is 0.517. The smallest absolute Gasteiger partial charge is 0.465 e. The summed E-state index contributed by atoms with van der Waals surface area (Å²) in [7, 11) is 1.15. The standard InChI is InChI=1S/C14H13NO7/c1-3-20-14(18)21-7-4-5-9-8(6-7)10(12(16)19-2)11(15)13(17)22-9/h4-6H,3,15H2,1-2H3. The SMILES string of the molecule is CCOC(=O)Oc1ccc2oc(=O)c(N)c(C(=O)OC)c2c1. The summed E-state index contributed by atoms with van der Waals surface area (Å²) >= 11 is 0. The van der Waals surface area contributed by atoms with E-state index in [2.05, 4.69) is 9.47 Å². The molecule has 0 aliphatic rings. The van der Waals surface area contributed by atoms with E-state index in [9.17, 15) is 14.4 Å². The van der Waals surface area contributed by atoms with Crippen molar-refractivity contribution in [1.82, 2.24) is 0 Å². The Morgan fingerprint density at radius 1 is 1.32 bits per heavy atom. The molecular weight excluding hydrogens is 294 g/mol. The molecule has 1 heterocycles. The van der Waals surface area contributed by atoms with E-state index in [1.165, 1.54) is 18.2 Å². The maximum Gasteiger partial charge on any atom is 0.513 e. The van der Waals surface area contributed by atoms with Crippen molar-refractivity contribution in [3.8, 4) is 5.75 Å². The second kappa shape index (κ2) is 6.17. The molecule has 8 nitrogen and oxygen atoms in total. The van der Waals surface area contributed by atoms with Gasteiger partial charge in [-0.1, -0.05) is 0 Å². The van der Waals surface area contributed by atoms with Crippen molar-refractivity contribution in [2.45, 2.75) is 6.92 Å².